The molecule has 2 amide bonds. The van der Waals surface area contributed by atoms with Gasteiger partial charge in [0.05, 0.1) is 22.8 Å². The van der Waals surface area contributed by atoms with Crippen molar-refractivity contribution in [2.75, 3.05) is 0 Å². The molecule has 22 heteroatoms. The van der Waals surface area contributed by atoms with Crippen molar-refractivity contribution >= 4 is 54.9 Å². The fraction of sp³-hybridized carbons (Fsp3) is 0.286. The number of carbonyl (C=O) groups excluding carboxylic acids is 2. The molecule has 338 valence electrons. The Bertz CT molecular complexity index is 2740. The van der Waals surface area contributed by atoms with Gasteiger partial charge in [0, 0.05) is 24.0 Å². The van der Waals surface area contributed by atoms with Crippen LogP contribution in [-0.4, -0.2) is 73.0 Å². The molecule has 0 aliphatic heterocycles. The Morgan fingerprint density at radius 3 is 1.23 bits per heavy atom. The van der Waals surface area contributed by atoms with Gasteiger partial charge in [0.2, 0.25) is 0 Å². The van der Waals surface area contributed by atoms with Gasteiger partial charge in [0.15, 0.2) is 9.49 Å². The monoisotopic (exact) mass is 932 g/mol. The van der Waals surface area contributed by atoms with Crippen LogP contribution in [0.15, 0.2) is 105 Å². The summed E-state index contributed by atoms with van der Waals surface area (Å²) in [7, 11) is -10.6. The molecule has 64 heavy (non-hydrogen) atoms. The number of alkyl halides is 6. The van der Waals surface area contributed by atoms with Gasteiger partial charge in [-0.1, -0.05) is 112 Å². The lowest BCUT2D eigenvalue weighted by atomic mass is 9.73. The molecule has 14 nitrogen and oxygen atoms in total. The highest BCUT2D eigenvalue weighted by molar-refractivity contribution is 7.87. The van der Waals surface area contributed by atoms with Crippen LogP contribution in [0.4, 0.5) is 26.3 Å². The number of hydrogen-bond donors (Lipinski definition) is 4. The minimum Gasteiger partial charge on any atom is -0.323 e. The molecule has 2 aliphatic rings. The molecule has 2 unspecified atom stereocenters. The topological polar surface area (TPSA) is 244 Å². The van der Waals surface area contributed by atoms with Gasteiger partial charge >= 0.3 is 24.2 Å². The minimum absolute atomic E-state index is 0.0000124. The summed E-state index contributed by atoms with van der Waals surface area (Å²) in [5.41, 5.74) is -1.70. The molecule has 2 atom stereocenters. The Hall–Kier alpha value is -6.10. The summed E-state index contributed by atoms with van der Waals surface area (Å²) in [4.78, 5) is 30.6. The van der Waals surface area contributed by atoms with Crippen molar-refractivity contribution in [1.82, 2.24) is 0 Å². The zero-order chi connectivity index (χ0) is 47.2. The van der Waals surface area contributed by atoms with E-state index in [1.54, 1.807) is 26.0 Å². The Balaban J connectivity index is 1.58. The van der Waals surface area contributed by atoms with Crippen LogP contribution in [0.5, 0.6) is 0 Å². The minimum atomic E-state index is -5.40. The molecule has 0 heterocycles. The summed E-state index contributed by atoms with van der Waals surface area (Å²) >= 11 is 0. The van der Waals surface area contributed by atoms with Crippen molar-refractivity contribution in [3.63, 3.8) is 0 Å². The van der Waals surface area contributed by atoms with Gasteiger partial charge in [0.1, 0.15) is 0 Å². The van der Waals surface area contributed by atoms with E-state index in [9.17, 15) is 61.9 Å². The maximum Gasteiger partial charge on any atom is 0.473 e. The molecule has 6 N–H and O–H groups in total. The van der Waals surface area contributed by atoms with E-state index in [0.29, 0.717) is 35.1 Å². The smallest absolute Gasteiger partial charge is 0.323 e. The number of carbonyl (C=O) groups is 2. The number of amides is 2. The van der Waals surface area contributed by atoms with E-state index in [2.05, 4.69) is 20.2 Å². The highest BCUT2D eigenvalue weighted by atomic mass is 32.2. The van der Waals surface area contributed by atoms with Crippen LogP contribution in [-0.2, 0) is 52.2 Å². The van der Waals surface area contributed by atoms with Gasteiger partial charge in [-0.05, 0) is 57.3 Å². The third kappa shape index (κ3) is 8.14. The molecular weight excluding hydrogens is 895 g/mol. The summed E-state index contributed by atoms with van der Waals surface area (Å²) in [6.45, 7) is 3.56. The largest absolute Gasteiger partial charge is 0.473 e. The second kappa shape index (κ2) is 17.1. The zero-order valence-electron chi connectivity index (χ0n) is 33.7. The number of nitrogens with two attached hydrogens (primary N) is 2. The van der Waals surface area contributed by atoms with Crippen LogP contribution in [0.1, 0.15) is 84.0 Å². The molecule has 0 fully saturated rings. The Kier molecular flexibility index (Phi) is 12.7. The number of halogens is 6. The van der Waals surface area contributed by atoms with Crippen LogP contribution < -0.4 is 11.7 Å². The van der Waals surface area contributed by atoms with Gasteiger partial charge in [-0.25, -0.2) is 9.98 Å². The van der Waals surface area contributed by atoms with E-state index in [1.807, 2.05) is 0 Å². The Morgan fingerprint density at radius 2 is 0.938 bits per heavy atom. The number of nitrogens with zero attached hydrogens (tertiary/aromatic N) is 4. The molecule has 0 saturated heterocycles. The summed E-state index contributed by atoms with van der Waals surface area (Å²) in [5, 5.41) is 7.07. The fourth-order valence-electron chi connectivity index (χ4n) is 8.52. The molecule has 6 rings (SSSR count). The molecule has 4 aromatic rings. The van der Waals surface area contributed by atoms with E-state index >= 15 is 0 Å². The predicted octanol–water partition coefficient (Wildman–Crippen LogP) is 6.71. The SMILES string of the molecule is CCCc1cc(-c2ccc(C3(S(=O)(=O)O)CC(=NN)C(=NC(=O)C(F)(F)F)c4ccccc43)c(CCC)c2)ccc1C1(S(=O)(=O)O)CC(=NN)C(=NC(=O)C(F)(F)F)c2ccccc21. The van der Waals surface area contributed by atoms with Crippen LogP contribution in [0.3, 0.4) is 0 Å². The normalized spacial score (nSPS) is 21.8. The second-order valence-electron chi connectivity index (χ2n) is 15.0. The Labute approximate surface area is 362 Å². The van der Waals surface area contributed by atoms with Gasteiger partial charge in [-0.15, -0.1) is 0 Å². The lowest BCUT2D eigenvalue weighted by Gasteiger charge is -2.39. The first-order valence-electron chi connectivity index (χ1n) is 19.3. The van der Waals surface area contributed by atoms with Gasteiger partial charge < -0.3 is 11.7 Å². The maximum absolute atomic E-state index is 13.8. The van der Waals surface area contributed by atoms with E-state index in [-0.39, 0.29) is 46.2 Å². The lowest BCUT2D eigenvalue weighted by molar-refractivity contribution is -0.169. The first-order chi connectivity index (χ1) is 29.9. The molecule has 0 spiro atoms. The predicted molar refractivity (Wildman–Crippen MR) is 225 cm³/mol. The van der Waals surface area contributed by atoms with Gasteiger partial charge in [-0.3, -0.25) is 18.7 Å². The maximum atomic E-state index is 13.8. The number of fused-ring (bicyclic) bond motifs is 2. The van der Waals surface area contributed by atoms with Crippen molar-refractivity contribution in [2.24, 2.45) is 31.9 Å². The van der Waals surface area contributed by atoms with Gasteiger partial charge in [0.25, 0.3) is 20.2 Å². The molecule has 0 radical (unpaired) electrons. The summed E-state index contributed by atoms with van der Waals surface area (Å²) in [6, 6.07) is 19.5. The van der Waals surface area contributed by atoms with E-state index in [0.717, 1.165) is 0 Å². The molecule has 0 saturated carbocycles. The third-order valence-electron chi connectivity index (χ3n) is 11.2. The summed E-state index contributed by atoms with van der Waals surface area (Å²) < 4.78 is 153. The fourth-order valence-corrected chi connectivity index (χ4v) is 11.0. The van der Waals surface area contributed by atoms with Crippen molar-refractivity contribution in [3.05, 3.63) is 129 Å². The highest BCUT2D eigenvalue weighted by Crippen LogP contribution is 2.50. The van der Waals surface area contributed by atoms with E-state index < -0.39 is 89.6 Å². The number of aliphatic imine (C=N–C) groups is 2. The first-order valence-corrected chi connectivity index (χ1v) is 22.1. The molecular formula is C42H38F6N6O8S2. The molecule has 4 aromatic carbocycles. The van der Waals surface area contributed by atoms with Crippen molar-refractivity contribution in [1.29, 1.82) is 0 Å². The number of hydrazone groups is 2. The summed E-state index contributed by atoms with van der Waals surface area (Å²) in [6.07, 6.45) is -11.3. The second-order valence-corrected chi connectivity index (χ2v) is 18.3. The van der Waals surface area contributed by atoms with Crippen LogP contribution in [0.25, 0.3) is 11.1 Å². The third-order valence-corrected chi connectivity index (χ3v) is 14.1. The Morgan fingerprint density at radius 1 is 0.594 bits per heavy atom. The number of aryl methyl sites for hydroxylation is 2. The molecule has 2 aliphatic carbocycles. The number of benzene rings is 4. The van der Waals surface area contributed by atoms with Crippen molar-refractivity contribution < 1.29 is 61.9 Å². The average Bonchev–Trinajstić information content (AvgIpc) is 3.22. The zero-order valence-corrected chi connectivity index (χ0v) is 35.3. The average molecular weight is 933 g/mol. The number of rotatable bonds is 9. The molecule has 0 aromatic heterocycles. The van der Waals surface area contributed by atoms with Crippen molar-refractivity contribution in [3.8, 4) is 11.1 Å². The summed E-state index contributed by atoms with van der Waals surface area (Å²) in [5.74, 6) is 6.22. The van der Waals surface area contributed by atoms with Crippen LogP contribution in [0, 0.1) is 0 Å². The van der Waals surface area contributed by atoms with E-state index in [1.165, 1.54) is 72.8 Å². The first kappa shape index (κ1) is 47.4. The lowest BCUT2D eigenvalue weighted by Crippen LogP contribution is -2.47. The van der Waals surface area contributed by atoms with E-state index in [4.69, 9.17) is 11.7 Å². The standard InChI is InChI=1S/C42H38F6N6O8S2/c1-3-9-25-19-23(15-17-29(25)39(63(57,58)59)21-33(53-49)35(51-37(55)41(43,44)45)27-11-5-7-13-31(27)39)24-16-18-30(26(20-24)10-4-2)40(64(60,61)62)22-34(54-50)36(52-38(56)42(46,47)48)28-12-6-8-14-32(28)40/h5-8,11-20H,3-4,9-10,21-22,49-50H2,1-2H3,(H,57,58,59)(H,60,61,62). The molecule has 0 bridgehead atoms. The van der Waals surface area contributed by atoms with Crippen LogP contribution >= 0.6 is 0 Å². The van der Waals surface area contributed by atoms with Crippen LogP contribution in [0.2, 0.25) is 0 Å². The highest BCUT2D eigenvalue weighted by Gasteiger charge is 2.56. The van der Waals surface area contributed by atoms with Gasteiger partial charge in [-0.2, -0.15) is 53.4 Å². The quantitative estimate of drug-likeness (QED) is 0.0598. The van der Waals surface area contributed by atoms with Crippen molar-refractivity contribution in [2.45, 2.75) is 74.2 Å². The number of hydrogen-bond acceptors (Lipinski definition) is 10.